The van der Waals surface area contributed by atoms with E-state index in [0.717, 1.165) is 11.3 Å². The molecule has 1 heterocycles. The lowest BCUT2D eigenvalue weighted by Gasteiger charge is -2.20. The molecule has 1 aromatic heterocycles. The lowest BCUT2D eigenvalue weighted by molar-refractivity contribution is 0.508. The third-order valence-corrected chi connectivity index (χ3v) is 2.55. The second-order valence-electron chi connectivity index (χ2n) is 5.58. The summed E-state index contributed by atoms with van der Waals surface area (Å²) in [4.78, 5) is 8.24. The van der Waals surface area contributed by atoms with E-state index in [-0.39, 0.29) is 29.5 Å². The number of aromatic nitrogens is 3. The minimum Gasteiger partial charge on any atom is -0.370 e. The van der Waals surface area contributed by atoms with Gasteiger partial charge in [0.2, 0.25) is 0 Å². The third-order valence-electron chi connectivity index (χ3n) is 2.55. The van der Waals surface area contributed by atoms with Crippen molar-refractivity contribution in [3.8, 4) is 5.69 Å². The molecule has 0 spiro atoms. The van der Waals surface area contributed by atoms with Crippen molar-refractivity contribution in [2.24, 2.45) is 10.7 Å². The van der Waals surface area contributed by atoms with Crippen molar-refractivity contribution in [2.75, 3.05) is 0 Å². The predicted molar refractivity (Wildman–Crippen MR) is 95.0 cm³/mol. The fraction of sp³-hybridized carbons (Fsp3) is 0.357. The number of nitrogens with zero attached hydrogens (tertiary/aromatic N) is 4. The van der Waals surface area contributed by atoms with Gasteiger partial charge in [0.1, 0.15) is 12.7 Å². The number of benzene rings is 1. The van der Waals surface area contributed by atoms with Crippen molar-refractivity contribution < 1.29 is 0 Å². The summed E-state index contributed by atoms with van der Waals surface area (Å²) in [6.45, 7) is 6.68. The topological polar surface area (TPSA) is 81.1 Å². The first-order valence-corrected chi connectivity index (χ1v) is 6.46. The zero-order chi connectivity index (χ0) is 14.6. The van der Waals surface area contributed by atoms with Crippen LogP contribution in [0.5, 0.6) is 0 Å². The molecule has 7 heteroatoms. The zero-order valence-corrected chi connectivity index (χ0v) is 14.8. The highest BCUT2D eigenvalue weighted by atomic mass is 127. The molecule has 0 aliphatic rings. The van der Waals surface area contributed by atoms with Gasteiger partial charge in [-0.2, -0.15) is 5.10 Å². The summed E-state index contributed by atoms with van der Waals surface area (Å²) in [5.41, 5.74) is 7.81. The Morgan fingerprint density at radius 2 is 1.95 bits per heavy atom. The lowest BCUT2D eigenvalue weighted by atomic mass is 10.1. The van der Waals surface area contributed by atoms with Crippen LogP contribution < -0.4 is 11.1 Å². The van der Waals surface area contributed by atoms with E-state index in [1.807, 2.05) is 45.0 Å². The van der Waals surface area contributed by atoms with Crippen LogP contribution in [0.2, 0.25) is 0 Å². The van der Waals surface area contributed by atoms with Crippen LogP contribution in [-0.2, 0) is 6.54 Å². The molecule has 114 valence electrons. The molecule has 0 fully saturated rings. The highest BCUT2D eigenvalue weighted by Crippen LogP contribution is 2.09. The van der Waals surface area contributed by atoms with Crippen LogP contribution in [0.3, 0.4) is 0 Å². The smallest absolute Gasteiger partial charge is 0.189 e. The Balaban J connectivity index is 0.00000220. The molecule has 0 unspecified atom stereocenters. The van der Waals surface area contributed by atoms with Crippen LogP contribution in [0, 0.1) is 0 Å². The number of guanidine groups is 1. The number of nitrogens with one attached hydrogen (secondary N) is 1. The lowest BCUT2D eigenvalue weighted by Crippen LogP contribution is -2.44. The zero-order valence-electron chi connectivity index (χ0n) is 12.4. The number of hydrogen-bond acceptors (Lipinski definition) is 3. The molecule has 2 rings (SSSR count). The first kappa shape index (κ1) is 17.4. The molecule has 0 radical (unpaired) electrons. The first-order chi connectivity index (χ1) is 9.44. The molecule has 21 heavy (non-hydrogen) atoms. The van der Waals surface area contributed by atoms with E-state index in [4.69, 9.17) is 5.73 Å². The van der Waals surface area contributed by atoms with Crippen LogP contribution in [-0.4, -0.2) is 26.3 Å². The van der Waals surface area contributed by atoms with Crippen LogP contribution >= 0.6 is 24.0 Å². The Morgan fingerprint density at radius 1 is 1.29 bits per heavy atom. The second-order valence-corrected chi connectivity index (χ2v) is 5.58. The van der Waals surface area contributed by atoms with Gasteiger partial charge in [-0.1, -0.05) is 12.1 Å². The average molecular weight is 400 g/mol. The maximum atomic E-state index is 5.83. The van der Waals surface area contributed by atoms with Crippen molar-refractivity contribution >= 4 is 29.9 Å². The Bertz CT molecular complexity index is 569. The number of aliphatic imine (C=N–C) groups is 1. The fourth-order valence-electron chi connectivity index (χ4n) is 1.70. The third kappa shape index (κ3) is 5.70. The molecule has 0 amide bonds. The summed E-state index contributed by atoms with van der Waals surface area (Å²) in [6.07, 6.45) is 3.18. The van der Waals surface area contributed by atoms with Crippen LogP contribution in [0.15, 0.2) is 41.9 Å². The van der Waals surface area contributed by atoms with Gasteiger partial charge < -0.3 is 11.1 Å². The highest BCUT2D eigenvalue weighted by Gasteiger charge is 2.09. The van der Waals surface area contributed by atoms with Gasteiger partial charge in [0.15, 0.2) is 5.96 Å². The summed E-state index contributed by atoms with van der Waals surface area (Å²) in [5, 5.41) is 7.21. The van der Waals surface area contributed by atoms with Crippen LogP contribution in [0.4, 0.5) is 0 Å². The maximum Gasteiger partial charge on any atom is 0.189 e. The van der Waals surface area contributed by atoms with Gasteiger partial charge in [-0.25, -0.2) is 14.7 Å². The molecule has 0 aliphatic heterocycles. The fourth-order valence-corrected chi connectivity index (χ4v) is 1.70. The number of halogens is 1. The highest BCUT2D eigenvalue weighted by molar-refractivity contribution is 14.0. The first-order valence-electron chi connectivity index (χ1n) is 6.46. The number of rotatable bonds is 3. The van der Waals surface area contributed by atoms with Gasteiger partial charge in [-0.3, -0.25) is 0 Å². The van der Waals surface area contributed by atoms with E-state index in [2.05, 4.69) is 20.4 Å². The Labute approximate surface area is 141 Å². The van der Waals surface area contributed by atoms with E-state index in [1.54, 1.807) is 11.0 Å². The van der Waals surface area contributed by atoms with E-state index >= 15 is 0 Å². The van der Waals surface area contributed by atoms with Crippen LogP contribution in [0.1, 0.15) is 26.3 Å². The molecule has 2 aromatic rings. The molecule has 1 aromatic carbocycles. The van der Waals surface area contributed by atoms with Gasteiger partial charge in [-0.05, 0) is 38.5 Å². The van der Waals surface area contributed by atoms with E-state index in [0.29, 0.717) is 12.5 Å². The normalized spacial score (nSPS) is 11.9. The molecule has 0 saturated heterocycles. The number of hydrogen-bond donors (Lipinski definition) is 2. The van der Waals surface area contributed by atoms with Crippen molar-refractivity contribution in [2.45, 2.75) is 32.9 Å². The second kappa shape index (κ2) is 7.39. The summed E-state index contributed by atoms with van der Waals surface area (Å²) in [6, 6.07) is 7.97. The minimum absolute atomic E-state index is 0. The van der Waals surface area contributed by atoms with Gasteiger partial charge in [-0.15, -0.1) is 24.0 Å². The van der Waals surface area contributed by atoms with Gasteiger partial charge in [0.05, 0.1) is 12.2 Å². The summed E-state index contributed by atoms with van der Waals surface area (Å²) in [7, 11) is 0. The summed E-state index contributed by atoms with van der Waals surface area (Å²) >= 11 is 0. The number of nitrogens with two attached hydrogens (primary N) is 1. The molecular weight excluding hydrogens is 379 g/mol. The molecule has 0 bridgehead atoms. The van der Waals surface area contributed by atoms with Crippen molar-refractivity contribution in [1.29, 1.82) is 0 Å². The quantitative estimate of drug-likeness (QED) is 0.470. The Kier molecular flexibility index (Phi) is 6.13. The van der Waals surface area contributed by atoms with E-state index in [1.165, 1.54) is 6.33 Å². The monoisotopic (exact) mass is 400 g/mol. The van der Waals surface area contributed by atoms with E-state index in [9.17, 15) is 0 Å². The molecule has 0 atom stereocenters. The Morgan fingerprint density at radius 3 is 2.48 bits per heavy atom. The largest absolute Gasteiger partial charge is 0.370 e. The van der Waals surface area contributed by atoms with Gasteiger partial charge in [0.25, 0.3) is 0 Å². The average Bonchev–Trinajstić information content (AvgIpc) is 2.89. The van der Waals surface area contributed by atoms with Crippen LogP contribution in [0.25, 0.3) is 5.69 Å². The van der Waals surface area contributed by atoms with Crippen molar-refractivity contribution in [3.05, 3.63) is 42.5 Å². The maximum absolute atomic E-state index is 5.83. The summed E-state index contributed by atoms with van der Waals surface area (Å²) < 4.78 is 1.71. The predicted octanol–water partition coefficient (Wildman–Crippen LogP) is 2.09. The molecule has 6 nitrogen and oxygen atoms in total. The molecule has 0 aliphatic carbocycles. The SMILES string of the molecule is CC(C)(C)NC(N)=NCc1ccc(-n2cncn2)cc1.I. The minimum atomic E-state index is -0.0788. The molecular formula is C14H21IN6. The van der Waals surface area contributed by atoms with E-state index < -0.39 is 0 Å². The standard InChI is InChI=1S/C14H20N6.HI/c1-14(2,3)19-13(15)17-8-11-4-6-12(7-5-11)20-10-16-9-18-20;/h4-7,9-10H,8H2,1-3H3,(H3,15,17,19);1H. The Hall–Kier alpha value is -1.64. The molecule has 0 saturated carbocycles. The van der Waals surface area contributed by atoms with Gasteiger partial charge >= 0.3 is 0 Å². The van der Waals surface area contributed by atoms with Gasteiger partial charge in [0, 0.05) is 5.54 Å². The van der Waals surface area contributed by atoms with Crippen molar-refractivity contribution in [3.63, 3.8) is 0 Å². The van der Waals surface area contributed by atoms with Crippen molar-refractivity contribution in [1.82, 2.24) is 20.1 Å². The molecule has 3 N–H and O–H groups in total. The summed E-state index contributed by atoms with van der Waals surface area (Å²) in [5.74, 6) is 0.456.